The quantitative estimate of drug-likeness (QED) is 0.459. The molecule has 0 saturated heterocycles. The van der Waals surface area contributed by atoms with Crippen molar-refractivity contribution in [1.82, 2.24) is 15.1 Å². The van der Waals surface area contributed by atoms with E-state index in [-0.39, 0.29) is 37.0 Å². The lowest BCUT2D eigenvalue weighted by Crippen LogP contribution is -2.45. The van der Waals surface area contributed by atoms with Crippen molar-refractivity contribution < 1.29 is 19.2 Å². The number of non-ortho nitro benzene ring substituents is 1. The minimum Gasteiger partial charge on any atom is -0.482 e. The van der Waals surface area contributed by atoms with E-state index in [4.69, 9.17) is 4.74 Å². The number of carbonyl (C=O) groups is 2. The van der Waals surface area contributed by atoms with Crippen LogP contribution in [0.1, 0.15) is 11.1 Å². The highest BCUT2D eigenvalue weighted by atomic mass is 16.6. The number of nitrogens with one attached hydrogen (secondary N) is 1. The van der Waals surface area contributed by atoms with Crippen LogP contribution in [0.4, 0.5) is 11.4 Å². The van der Waals surface area contributed by atoms with Crippen LogP contribution in [0.25, 0.3) is 0 Å². The number of hydrogen-bond donors (Lipinski definition) is 1. The lowest BCUT2D eigenvalue weighted by atomic mass is 10.1. The topological polar surface area (TPSA) is 120 Å². The molecule has 4 rings (SSSR count). The van der Waals surface area contributed by atoms with Crippen molar-refractivity contribution >= 4 is 23.2 Å². The highest BCUT2D eigenvalue weighted by Gasteiger charge is 2.29. The van der Waals surface area contributed by atoms with Crippen LogP contribution in [0, 0.1) is 10.1 Å². The summed E-state index contributed by atoms with van der Waals surface area (Å²) in [7, 11) is 0. The first-order chi connectivity index (χ1) is 15.0. The summed E-state index contributed by atoms with van der Waals surface area (Å²) in [6.07, 6.45) is 3.56. The fourth-order valence-corrected chi connectivity index (χ4v) is 3.32. The highest BCUT2D eigenvalue weighted by Crippen LogP contribution is 2.35. The summed E-state index contributed by atoms with van der Waals surface area (Å²) < 4.78 is 7.11. The molecule has 158 valence electrons. The van der Waals surface area contributed by atoms with E-state index in [0.717, 1.165) is 11.1 Å². The molecule has 0 atom stereocenters. The third kappa shape index (κ3) is 4.53. The molecule has 1 aliphatic heterocycles. The van der Waals surface area contributed by atoms with E-state index >= 15 is 0 Å². The molecule has 0 saturated carbocycles. The van der Waals surface area contributed by atoms with E-state index in [9.17, 15) is 19.7 Å². The predicted octanol–water partition coefficient (Wildman–Crippen LogP) is 1.88. The van der Waals surface area contributed by atoms with Gasteiger partial charge >= 0.3 is 0 Å². The maximum atomic E-state index is 12.6. The maximum absolute atomic E-state index is 12.6. The molecule has 31 heavy (non-hydrogen) atoms. The number of nitrogens with zero attached hydrogens (tertiary/aromatic N) is 4. The van der Waals surface area contributed by atoms with Crippen molar-refractivity contribution in [3.05, 3.63) is 82.2 Å². The second kappa shape index (κ2) is 8.66. The Balaban J connectivity index is 1.45. The molecule has 1 N–H and O–H groups in total. The Morgan fingerprint density at radius 2 is 2.00 bits per heavy atom. The maximum Gasteiger partial charge on any atom is 0.271 e. The fraction of sp³-hybridized carbons (Fsp3) is 0.190. The predicted molar refractivity (Wildman–Crippen MR) is 111 cm³/mol. The van der Waals surface area contributed by atoms with Gasteiger partial charge in [0.1, 0.15) is 12.3 Å². The van der Waals surface area contributed by atoms with E-state index in [0.29, 0.717) is 12.3 Å². The summed E-state index contributed by atoms with van der Waals surface area (Å²) in [6, 6.07) is 13.5. The van der Waals surface area contributed by atoms with Gasteiger partial charge in [-0.05, 0) is 23.3 Å². The third-order valence-electron chi connectivity index (χ3n) is 4.88. The van der Waals surface area contributed by atoms with E-state index in [1.165, 1.54) is 23.1 Å². The standard InChI is InChI=1S/C21H19N5O5/c27-20(22-11-15-4-1-2-5-16(15)12-24-9-3-8-23-24)13-25-18-10-17(26(29)30)6-7-19(18)31-14-21(25)28/h1-10H,11-14H2,(H,22,27). The largest absolute Gasteiger partial charge is 0.482 e. The summed E-state index contributed by atoms with van der Waals surface area (Å²) in [5, 5.41) is 18.1. The number of amides is 2. The molecule has 0 radical (unpaired) electrons. The molecule has 0 fully saturated rings. The smallest absolute Gasteiger partial charge is 0.271 e. The van der Waals surface area contributed by atoms with Crippen molar-refractivity contribution in [1.29, 1.82) is 0 Å². The molecule has 2 heterocycles. The summed E-state index contributed by atoms with van der Waals surface area (Å²) >= 11 is 0. The first-order valence-corrected chi connectivity index (χ1v) is 9.54. The lowest BCUT2D eigenvalue weighted by Gasteiger charge is -2.28. The van der Waals surface area contributed by atoms with Gasteiger partial charge in [0.2, 0.25) is 5.91 Å². The monoisotopic (exact) mass is 421 g/mol. The van der Waals surface area contributed by atoms with Crippen LogP contribution in [-0.4, -0.2) is 39.7 Å². The van der Waals surface area contributed by atoms with Gasteiger partial charge in [0.05, 0.1) is 17.2 Å². The number of carbonyl (C=O) groups excluding carboxylic acids is 2. The number of nitro benzene ring substituents is 1. The van der Waals surface area contributed by atoms with Crippen molar-refractivity contribution in [3.63, 3.8) is 0 Å². The molecular weight excluding hydrogens is 402 g/mol. The average molecular weight is 421 g/mol. The number of anilines is 1. The van der Waals surface area contributed by atoms with Crippen LogP contribution >= 0.6 is 0 Å². The number of ether oxygens (including phenoxy) is 1. The van der Waals surface area contributed by atoms with Crippen LogP contribution in [0.15, 0.2) is 60.9 Å². The van der Waals surface area contributed by atoms with Gasteiger partial charge in [-0.2, -0.15) is 5.10 Å². The Bertz CT molecular complexity index is 1130. The van der Waals surface area contributed by atoms with E-state index in [2.05, 4.69) is 10.4 Å². The highest BCUT2D eigenvalue weighted by molar-refractivity contribution is 6.02. The normalized spacial score (nSPS) is 12.8. The fourth-order valence-electron chi connectivity index (χ4n) is 3.32. The molecule has 0 spiro atoms. The van der Waals surface area contributed by atoms with Crippen LogP contribution in [0.5, 0.6) is 5.75 Å². The van der Waals surface area contributed by atoms with Gasteiger partial charge in [-0.3, -0.25) is 29.3 Å². The van der Waals surface area contributed by atoms with Gasteiger partial charge in [-0.25, -0.2) is 0 Å². The van der Waals surface area contributed by atoms with Crippen LogP contribution in [0.3, 0.4) is 0 Å². The minimum atomic E-state index is -0.561. The zero-order valence-electron chi connectivity index (χ0n) is 16.4. The summed E-state index contributed by atoms with van der Waals surface area (Å²) in [6.45, 7) is 0.344. The summed E-state index contributed by atoms with van der Waals surface area (Å²) in [5.74, 6) is -0.508. The SMILES string of the molecule is O=C(CN1C(=O)COc2ccc([N+](=O)[O-])cc21)NCc1ccccc1Cn1cccn1. The second-order valence-corrected chi connectivity index (χ2v) is 6.93. The number of nitro groups is 1. The first-order valence-electron chi connectivity index (χ1n) is 9.54. The summed E-state index contributed by atoms with van der Waals surface area (Å²) in [4.78, 5) is 36.6. The van der Waals surface area contributed by atoms with Gasteiger partial charge in [0.15, 0.2) is 6.61 Å². The van der Waals surface area contributed by atoms with Crippen molar-refractivity contribution in [2.24, 2.45) is 0 Å². The Morgan fingerprint density at radius 1 is 1.19 bits per heavy atom. The second-order valence-electron chi connectivity index (χ2n) is 6.93. The Hall–Kier alpha value is -4.21. The van der Waals surface area contributed by atoms with E-state index in [1.807, 2.05) is 36.5 Å². The summed E-state index contributed by atoms with van der Waals surface area (Å²) in [5.41, 5.74) is 1.96. The number of benzene rings is 2. The van der Waals surface area contributed by atoms with Gasteiger partial charge in [0, 0.05) is 31.1 Å². The molecule has 2 amide bonds. The molecule has 1 aliphatic rings. The molecule has 3 aromatic rings. The zero-order chi connectivity index (χ0) is 21.8. The molecule has 1 aromatic heterocycles. The Morgan fingerprint density at radius 3 is 2.74 bits per heavy atom. The molecule has 10 nitrogen and oxygen atoms in total. The third-order valence-corrected chi connectivity index (χ3v) is 4.88. The van der Waals surface area contributed by atoms with Crippen molar-refractivity contribution in [2.75, 3.05) is 18.1 Å². The molecule has 10 heteroatoms. The van der Waals surface area contributed by atoms with Crippen molar-refractivity contribution in [2.45, 2.75) is 13.1 Å². The number of hydrogen-bond acceptors (Lipinski definition) is 6. The number of aromatic nitrogens is 2. The molecule has 2 aromatic carbocycles. The van der Waals surface area contributed by atoms with Crippen LogP contribution in [0.2, 0.25) is 0 Å². The lowest BCUT2D eigenvalue weighted by molar-refractivity contribution is -0.384. The first kappa shape index (κ1) is 20.1. The number of fused-ring (bicyclic) bond motifs is 1. The molecule has 0 aliphatic carbocycles. The van der Waals surface area contributed by atoms with Crippen LogP contribution in [-0.2, 0) is 22.7 Å². The molecule has 0 unspecified atom stereocenters. The van der Waals surface area contributed by atoms with Gasteiger partial charge in [-0.1, -0.05) is 24.3 Å². The van der Waals surface area contributed by atoms with Crippen LogP contribution < -0.4 is 15.0 Å². The number of rotatable bonds is 7. The van der Waals surface area contributed by atoms with Gasteiger partial charge < -0.3 is 10.1 Å². The Labute approximate surface area is 177 Å². The van der Waals surface area contributed by atoms with Gasteiger partial charge in [-0.15, -0.1) is 0 Å². The minimum absolute atomic E-state index is 0.185. The van der Waals surface area contributed by atoms with Gasteiger partial charge in [0.25, 0.3) is 11.6 Å². The zero-order valence-corrected chi connectivity index (χ0v) is 16.4. The molecular formula is C21H19N5O5. The van der Waals surface area contributed by atoms with Crippen molar-refractivity contribution in [3.8, 4) is 5.75 Å². The average Bonchev–Trinajstić information content (AvgIpc) is 3.28. The molecule has 0 bridgehead atoms. The van der Waals surface area contributed by atoms with E-state index in [1.54, 1.807) is 10.9 Å². The Kier molecular flexibility index (Phi) is 5.61. The van der Waals surface area contributed by atoms with E-state index < -0.39 is 10.8 Å².